The van der Waals surface area contributed by atoms with Crippen LogP contribution in [0.2, 0.25) is 5.02 Å². The second kappa shape index (κ2) is 11.1. The minimum atomic E-state index is -2.98. The molecule has 2 aromatic carbocycles. The number of sulfone groups is 1. The lowest BCUT2D eigenvalue weighted by molar-refractivity contribution is -0.127. The number of nitriles is 2. The van der Waals surface area contributed by atoms with Crippen LogP contribution in [0, 0.1) is 28.6 Å². The van der Waals surface area contributed by atoms with E-state index >= 15 is 0 Å². The van der Waals surface area contributed by atoms with E-state index in [1.165, 1.54) is 0 Å². The molecule has 3 fully saturated rings. The molecule has 216 valence electrons. The summed E-state index contributed by atoms with van der Waals surface area (Å²) in [7, 11) is -2.98. The first-order valence-corrected chi connectivity index (χ1v) is 16.5. The van der Waals surface area contributed by atoms with Gasteiger partial charge in [0, 0.05) is 42.4 Å². The van der Waals surface area contributed by atoms with E-state index in [-0.39, 0.29) is 29.2 Å². The average molecular weight is 603 g/mol. The van der Waals surface area contributed by atoms with Crippen LogP contribution in [0.3, 0.4) is 0 Å². The van der Waals surface area contributed by atoms with Crippen LogP contribution in [0.25, 0.3) is 16.8 Å². The molecule has 1 aromatic heterocycles. The molecule has 1 saturated heterocycles. The van der Waals surface area contributed by atoms with Crippen LogP contribution in [0.15, 0.2) is 48.7 Å². The number of amides is 1. The van der Waals surface area contributed by atoms with E-state index < -0.39 is 15.4 Å². The van der Waals surface area contributed by atoms with Gasteiger partial charge in [-0.05, 0) is 61.6 Å². The minimum absolute atomic E-state index is 0.0916. The third-order valence-electron chi connectivity index (χ3n) is 8.73. The SMILES string of the molecule is N#Cc1ccc(-n2cc(-c3ccc(N4CCS(=O)(=O)CC4)cc3)c(C3CCCCC3C(=O)NC3(C#N)CC3)n2)c(Cl)c1. The molecule has 0 radical (unpaired) electrons. The number of rotatable bonds is 6. The van der Waals surface area contributed by atoms with E-state index in [9.17, 15) is 23.7 Å². The fourth-order valence-electron chi connectivity index (χ4n) is 6.08. The van der Waals surface area contributed by atoms with Gasteiger partial charge in [-0.1, -0.05) is 36.6 Å². The molecule has 9 nitrogen and oxygen atoms in total. The third-order valence-corrected chi connectivity index (χ3v) is 10.6. The van der Waals surface area contributed by atoms with Gasteiger partial charge >= 0.3 is 0 Å². The summed E-state index contributed by atoms with van der Waals surface area (Å²) in [5.41, 5.74) is 3.92. The summed E-state index contributed by atoms with van der Waals surface area (Å²) in [5.74, 6) is -0.248. The first-order valence-electron chi connectivity index (χ1n) is 14.3. The Morgan fingerprint density at radius 3 is 2.40 bits per heavy atom. The van der Waals surface area contributed by atoms with Crippen LogP contribution in [0.5, 0.6) is 0 Å². The molecular formula is C31H31ClN6O3S. The lowest BCUT2D eigenvalue weighted by Crippen LogP contribution is -2.42. The Morgan fingerprint density at radius 2 is 1.76 bits per heavy atom. The van der Waals surface area contributed by atoms with Gasteiger partial charge in [-0.3, -0.25) is 4.79 Å². The van der Waals surface area contributed by atoms with Gasteiger partial charge in [0.1, 0.15) is 5.54 Å². The largest absolute Gasteiger partial charge is 0.369 e. The predicted molar refractivity (Wildman–Crippen MR) is 160 cm³/mol. The molecule has 2 aliphatic carbocycles. The van der Waals surface area contributed by atoms with Gasteiger partial charge in [-0.15, -0.1) is 0 Å². The van der Waals surface area contributed by atoms with Gasteiger partial charge in [-0.25, -0.2) is 13.1 Å². The maximum atomic E-state index is 13.5. The van der Waals surface area contributed by atoms with Crippen molar-refractivity contribution in [1.29, 1.82) is 10.5 Å². The average Bonchev–Trinajstić information content (AvgIpc) is 3.64. The van der Waals surface area contributed by atoms with Crippen molar-refractivity contribution in [2.24, 2.45) is 5.92 Å². The molecular weight excluding hydrogens is 572 g/mol. The molecule has 1 N–H and O–H groups in total. The molecule has 3 aromatic rings. The second-order valence-electron chi connectivity index (χ2n) is 11.5. The molecule has 0 spiro atoms. The Balaban J connectivity index is 1.37. The molecule has 1 amide bonds. The third kappa shape index (κ3) is 5.62. The van der Waals surface area contributed by atoms with Gasteiger partial charge in [0.2, 0.25) is 5.91 Å². The number of benzene rings is 2. The highest BCUT2D eigenvalue weighted by Crippen LogP contribution is 2.43. The van der Waals surface area contributed by atoms with E-state index in [0.29, 0.717) is 42.2 Å². The van der Waals surface area contributed by atoms with Crippen LogP contribution in [-0.4, -0.2) is 54.2 Å². The molecule has 0 bridgehead atoms. The van der Waals surface area contributed by atoms with Crippen molar-refractivity contribution in [3.63, 3.8) is 0 Å². The fourth-order valence-corrected chi connectivity index (χ4v) is 7.55. The lowest BCUT2D eigenvalue weighted by atomic mass is 9.75. The maximum Gasteiger partial charge on any atom is 0.225 e. The first kappa shape index (κ1) is 28.3. The Hall–Kier alpha value is -3.86. The van der Waals surface area contributed by atoms with E-state index in [2.05, 4.69) is 22.4 Å². The quantitative estimate of drug-likeness (QED) is 0.431. The standard InChI is InChI=1S/C31H31ClN6O3S/c32-27-17-21(18-33)5-10-28(27)38-19-26(22-6-8-23(9-7-22)37-13-15-42(40,41)16-14-37)29(36-38)24-3-1-2-4-25(24)30(39)35-31(20-34)11-12-31/h5-10,17,19,24-25H,1-4,11-16H2,(H,35,39). The zero-order chi connectivity index (χ0) is 29.5. The molecule has 2 saturated carbocycles. The van der Waals surface area contributed by atoms with Crippen LogP contribution in [0.4, 0.5) is 5.69 Å². The number of hydrogen-bond donors (Lipinski definition) is 1. The van der Waals surface area contributed by atoms with E-state index in [4.69, 9.17) is 16.7 Å². The van der Waals surface area contributed by atoms with Crippen LogP contribution in [0.1, 0.15) is 55.7 Å². The van der Waals surface area contributed by atoms with Crippen molar-refractivity contribution in [1.82, 2.24) is 15.1 Å². The number of hydrogen-bond acceptors (Lipinski definition) is 7. The molecule has 6 rings (SSSR count). The summed E-state index contributed by atoms with van der Waals surface area (Å²) < 4.78 is 25.5. The lowest BCUT2D eigenvalue weighted by Gasteiger charge is -2.31. The van der Waals surface area contributed by atoms with Crippen molar-refractivity contribution in [3.8, 4) is 29.0 Å². The molecule has 1 aliphatic heterocycles. The number of nitrogens with zero attached hydrogens (tertiary/aromatic N) is 5. The van der Waals surface area contributed by atoms with Crippen molar-refractivity contribution in [2.75, 3.05) is 29.5 Å². The minimum Gasteiger partial charge on any atom is -0.369 e. The van der Waals surface area contributed by atoms with Crippen LogP contribution >= 0.6 is 11.6 Å². The fraction of sp³-hybridized carbons (Fsp3) is 0.419. The van der Waals surface area contributed by atoms with Crippen molar-refractivity contribution >= 4 is 33.0 Å². The number of carbonyl (C=O) groups excluding carboxylic acids is 1. The van der Waals surface area contributed by atoms with Crippen molar-refractivity contribution < 1.29 is 13.2 Å². The number of nitrogens with one attached hydrogen (secondary N) is 1. The summed E-state index contributed by atoms with van der Waals surface area (Å²) in [5, 5.41) is 27.3. The highest BCUT2D eigenvalue weighted by Gasteiger charge is 2.47. The molecule has 42 heavy (non-hydrogen) atoms. The molecule has 2 unspecified atom stereocenters. The number of anilines is 1. The molecule has 11 heteroatoms. The van der Waals surface area contributed by atoms with E-state index in [1.807, 2.05) is 30.5 Å². The van der Waals surface area contributed by atoms with Gasteiger partial charge in [-0.2, -0.15) is 15.6 Å². The summed E-state index contributed by atoms with van der Waals surface area (Å²) in [6, 6.07) is 17.5. The second-order valence-corrected chi connectivity index (χ2v) is 14.2. The Labute approximate surface area is 250 Å². The van der Waals surface area contributed by atoms with Crippen LogP contribution in [-0.2, 0) is 14.6 Å². The molecule has 3 aliphatic rings. The summed E-state index contributed by atoms with van der Waals surface area (Å²) in [4.78, 5) is 15.6. The Morgan fingerprint density at radius 1 is 1.05 bits per heavy atom. The summed E-state index contributed by atoms with van der Waals surface area (Å²) >= 11 is 6.58. The summed E-state index contributed by atoms with van der Waals surface area (Å²) in [6.45, 7) is 0.927. The Kier molecular flexibility index (Phi) is 7.46. The van der Waals surface area contributed by atoms with Crippen molar-refractivity contribution in [3.05, 3.63) is 64.9 Å². The zero-order valence-electron chi connectivity index (χ0n) is 23.1. The Bertz CT molecular complexity index is 1700. The smallest absolute Gasteiger partial charge is 0.225 e. The van der Waals surface area contributed by atoms with Gasteiger partial charge in [0.05, 0.1) is 45.6 Å². The molecule has 2 atom stereocenters. The first-order chi connectivity index (χ1) is 20.2. The highest BCUT2D eigenvalue weighted by molar-refractivity contribution is 7.91. The van der Waals surface area contributed by atoms with Crippen molar-refractivity contribution in [2.45, 2.75) is 50.0 Å². The maximum absolute atomic E-state index is 13.5. The number of aromatic nitrogens is 2. The van der Waals surface area contributed by atoms with Crippen LogP contribution < -0.4 is 10.2 Å². The van der Waals surface area contributed by atoms with Gasteiger partial charge in [0.25, 0.3) is 0 Å². The monoisotopic (exact) mass is 602 g/mol. The van der Waals surface area contributed by atoms with Gasteiger partial charge < -0.3 is 10.2 Å². The highest BCUT2D eigenvalue weighted by atomic mass is 35.5. The van der Waals surface area contributed by atoms with E-state index in [0.717, 1.165) is 48.2 Å². The molecule has 2 heterocycles. The van der Waals surface area contributed by atoms with Gasteiger partial charge in [0.15, 0.2) is 9.84 Å². The summed E-state index contributed by atoms with van der Waals surface area (Å²) in [6.07, 6.45) is 6.70. The topological polar surface area (TPSA) is 132 Å². The number of halogens is 1. The zero-order valence-corrected chi connectivity index (χ0v) is 24.7. The van der Waals surface area contributed by atoms with E-state index in [1.54, 1.807) is 22.9 Å². The predicted octanol–water partition coefficient (Wildman–Crippen LogP) is 4.75. The normalized spacial score (nSPS) is 22.5. The number of carbonyl (C=O) groups is 1.